The Labute approximate surface area is 144 Å². The second kappa shape index (κ2) is 7.06. The van der Waals surface area contributed by atoms with Crippen molar-refractivity contribution in [1.29, 1.82) is 0 Å². The van der Waals surface area contributed by atoms with Crippen molar-refractivity contribution in [3.8, 4) is 5.75 Å². The second-order valence-electron chi connectivity index (χ2n) is 6.16. The third-order valence-electron chi connectivity index (χ3n) is 4.64. The molecular weight excluding hydrogens is 328 g/mol. The summed E-state index contributed by atoms with van der Waals surface area (Å²) < 4.78 is 5.31. The summed E-state index contributed by atoms with van der Waals surface area (Å²) in [5, 5.41) is 14.2. The smallest absolute Gasteiger partial charge is 0.271 e. The van der Waals surface area contributed by atoms with E-state index in [1.54, 1.807) is 11.9 Å². The van der Waals surface area contributed by atoms with Crippen LogP contribution in [0.15, 0.2) is 18.2 Å². The highest BCUT2D eigenvalue weighted by atomic mass is 16.6. The van der Waals surface area contributed by atoms with Gasteiger partial charge in [0.15, 0.2) is 6.61 Å². The van der Waals surface area contributed by atoms with Crippen LogP contribution in [-0.2, 0) is 9.59 Å². The number of anilines is 1. The maximum Gasteiger partial charge on any atom is 0.271 e. The van der Waals surface area contributed by atoms with Crippen LogP contribution in [0.25, 0.3) is 0 Å². The quantitative estimate of drug-likeness (QED) is 0.629. The number of ether oxygens (including phenoxy) is 1. The number of nitro benzene ring substituents is 1. The average Bonchev–Trinajstić information content (AvgIpc) is 2.63. The molecule has 0 aromatic heterocycles. The highest BCUT2D eigenvalue weighted by Crippen LogP contribution is 2.35. The molecule has 1 N–H and O–H groups in total. The Morgan fingerprint density at radius 2 is 2.16 bits per heavy atom. The van der Waals surface area contributed by atoms with Gasteiger partial charge in [0.2, 0.25) is 5.91 Å². The zero-order chi connectivity index (χ0) is 18.0. The van der Waals surface area contributed by atoms with Crippen molar-refractivity contribution < 1.29 is 19.2 Å². The largest absolute Gasteiger partial charge is 0.482 e. The van der Waals surface area contributed by atoms with Crippen LogP contribution < -0.4 is 15.0 Å². The lowest BCUT2D eigenvalue weighted by Crippen LogP contribution is -2.50. The van der Waals surface area contributed by atoms with Gasteiger partial charge in [-0.25, -0.2) is 0 Å². The Kier molecular flexibility index (Phi) is 4.84. The van der Waals surface area contributed by atoms with E-state index in [9.17, 15) is 19.7 Å². The molecule has 134 valence electrons. The van der Waals surface area contributed by atoms with Crippen LogP contribution in [0, 0.1) is 10.1 Å². The molecule has 2 heterocycles. The molecule has 25 heavy (non-hydrogen) atoms. The van der Waals surface area contributed by atoms with E-state index in [1.807, 2.05) is 0 Å². The van der Waals surface area contributed by atoms with Crippen LogP contribution >= 0.6 is 0 Å². The average molecular weight is 348 g/mol. The standard InChI is InChI=1S/C16H20N4O5/c1-18(11-4-6-17-7-5-11)15(21)9-19-13-8-12(20(23)24)2-3-14(13)25-10-16(19)22/h2-3,8,11,17H,4-7,9-10H2,1H3. The van der Waals surface area contributed by atoms with E-state index < -0.39 is 4.92 Å². The Morgan fingerprint density at radius 1 is 1.44 bits per heavy atom. The summed E-state index contributed by atoms with van der Waals surface area (Å²) in [6.45, 7) is 1.37. The van der Waals surface area contributed by atoms with Crippen LogP contribution in [0.1, 0.15) is 12.8 Å². The number of piperidine rings is 1. The number of non-ortho nitro benzene ring substituents is 1. The number of fused-ring (bicyclic) bond motifs is 1. The topological polar surface area (TPSA) is 105 Å². The van der Waals surface area contributed by atoms with Gasteiger partial charge in [-0.3, -0.25) is 24.6 Å². The van der Waals surface area contributed by atoms with Gasteiger partial charge in [-0.15, -0.1) is 0 Å². The first-order valence-electron chi connectivity index (χ1n) is 8.15. The van der Waals surface area contributed by atoms with E-state index in [-0.39, 0.29) is 42.4 Å². The monoisotopic (exact) mass is 348 g/mol. The number of carbonyl (C=O) groups is 2. The Balaban J connectivity index is 1.79. The van der Waals surface area contributed by atoms with Gasteiger partial charge in [0.1, 0.15) is 12.3 Å². The number of nitrogens with one attached hydrogen (secondary N) is 1. The van der Waals surface area contributed by atoms with Crippen molar-refractivity contribution in [1.82, 2.24) is 10.2 Å². The van der Waals surface area contributed by atoms with Crippen LogP contribution in [0.5, 0.6) is 5.75 Å². The Morgan fingerprint density at radius 3 is 2.84 bits per heavy atom. The molecule has 0 unspecified atom stereocenters. The fourth-order valence-electron chi connectivity index (χ4n) is 3.12. The van der Waals surface area contributed by atoms with Crippen molar-refractivity contribution in [3.05, 3.63) is 28.3 Å². The highest BCUT2D eigenvalue weighted by Gasteiger charge is 2.31. The van der Waals surface area contributed by atoms with E-state index in [1.165, 1.54) is 23.1 Å². The lowest BCUT2D eigenvalue weighted by atomic mass is 10.1. The minimum Gasteiger partial charge on any atom is -0.482 e. The normalized spacial score (nSPS) is 17.6. The number of hydrogen-bond donors (Lipinski definition) is 1. The lowest BCUT2D eigenvalue weighted by Gasteiger charge is -2.34. The van der Waals surface area contributed by atoms with Gasteiger partial charge in [-0.2, -0.15) is 0 Å². The zero-order valence-electron chi connectivity index (χ0n) is 13.9. The summed E-state index contributed by atoms with van der Waals surface area (Å²) in [6.07, 6.45) is 1.72. The molecule has 1 saturated heterocycles. The SMILES string of the molecule is CN(C(=O)CN1C(=O)COc2ccc([N+](=O)[O-])cc21)C1CCNCC1. The summed E-state index contributed by atoms with van der Waals surface area (Å²) in [5.74, 6) is -0.220. The zero-order valence-corrected chi connectivity index (χ0v) is 13.9. The van der Waals surface area contributed by atoms with Gasteiger partial charge in [-0.1, -0.05) is 0 Å². The van der Waals surface area contributed by atoms with Crippen molar-refractivity contribution in [2.24, 2.45) is 0 Å². The molecule has 9 nitrogen and oxygen atoms in total. The molecule has 2 amide bonds. The maximum absolute atomic E-state index is 12.6. The van der Waals surface area contributed by atoms with Crippen molar-refractivity contribution in [3.63, 3.8) is 0 Å². The van der Waals surface area contributed by atoms with Crippen molar-refractivity contribution in [2.45, 2.75) is 18.9 Å². The van der Waals surface area contributed by atoms with E-state index in [2.05, 4.69) is 5.32 Å². The molecule has 0 bridgehead atoms. The van der Waals surface area contributed by atoms with Gasteiger partial charge in [0, 0.05) is 25.2 Å². The van der Waals surface area contributed by atoms with Gasteiger partial charge in [0.05, 0.1) is 10.6 Å². The molecule has 0 atom stereocenters. The number of amides is 2. The van der Waals surface area contributed by atoms with Crippen LogP contribution in [0.3, 0.4) is 0 Å². The number of nitrogens with zero attached hydrogens (tertiary/aromatic N) is 3. The number of nitro groups is 1. The summed E-state index contributed by atoms with van der Waals surface area (Å²) >= 11 is 0. The van der Waals surface area contributed by atoms with Gasteiger partial charge in [-0.05, 0) is 32.0 Å². The number of hydrogen-bond acceptors (Lipinski definition) is 6. The van der Waals surface area contributed by atoms with E-state index >= 15 is 0 Å². The predicted octanol–water partition coefficient (Wildman–Crippen LogP) is 0.531. The highest BCUT2D eigenvalue weighted by molar-refractivity contribution is 6.02. The van der Waals surface area contributed by atoms with Crippen LogP contribution in [0.4, 0.5) is 11.4 Å². The molecule has 1 aromatic rings. The molecule has 0 saturated carbocycles. The number of rotatable bonds is 4. The van der Waals surface area contributed by atoms with Gasteiger partial charge < -0.3 is 15.0 Å². The third kappa shape index (κ3) is 3.55. The van der Waals surface area contributed by atoms with Gasteiger partial charge >= 0.3 is 0 Å². The lowest BCUT2D eigenvalue weighted by molar-refractivity contribution is -0.384. The molecule has 0 spiro atoms. The van der Waals surface area contributed by atoms with Crippen molar-refractivity contribution in [2.75, 3.05) is 38.2 Å². The molecular formula is C16H20N4O5. The minimum atomic E-state index is -0.541. The van der Waals surface area contributed by atoms with E-state index in [0.29, 0.717) is 5.75 Å². The summed E-state index contributed by atoms with van der Waals surface area (Å²) in [4.78, 5) is 38.2. The Bertz CT molecular complexity index is 702. The second-order valence-corrected chi connectivity index (χ2v) is 6.16. The molecule has 1 fully saturated rings. The predicted molar refractivity (Wildman–Crippen MR) is 89.6 cm³/mol. The molecule has 1 aromatic carbocycles. The molecule has 0 radical (unpaired) electrons. The summed E-state index contributed by atoms with van der Waals surface area (Å²) in [5.41, 5.74) is 0.110. The molecule has 0 aliphatic carbocycles. The fraction of sp³-hybridized carbons (Fsp3) is 0.500. The van der Waals surface area contributed by atoms with Crippen LogP contribution in [-0.4, -0.2) is 61.0 Å². The third-order valence-corrected chi connectivity index (χ3v) is 4.64. The molecule has 2 aliphatic rings. The van der Waals surface area contributed by atoms with E-state index in [4.69, 9.17) is 4.74 Å². The summed E-state index contributed by atoms with van der Waals surface area (Å²) in [7, 11) is 1.73. The molecule has 9 heteroatoms. The fourth-order valence-corrected chi connectivity index (χ4v) is 3.12. The maximum atomic E-state index is 12.6. The van der Waals surface area contributed by atoms with Crippen LogP contribution in [0.2, 0.25) is 0 Å². The first-order valence-corrected chi connectivity index (χ1v) is 8.15. The van der Waals surface area contributed by atoms with Crippen molar-refractivity contribution >= 4 is 23.2 Å². The number of carbonyl (C=O) groups excluding carboxylic acids is 2. The molecule has 3 rings (SSSR count). The first kappa shape index (κ1) is 17.2. The molecule has 2 aliphatic heterocycles. The number of benzene rings is 1. The first-order chi connectivity index (χ1) is 12.0. The van der Waals surface area contributed by atoms with E-state index in [0.717, 1.165) is 25.9 Å². The van der Waals surface area contributed by atoms with Gasteiger partial charge in [0.25, 0.3) is 11.6 Å². The Hall–Kier alpha value is -2.68. The minimum absolute atomic E-state index is 0.134. The summed E-state index contributed by atoms with van der Waals surface area (Å²) in [6, 6.07) is 4.17. The number of likely N-dealkylation sites (N-methyl/N-ethyl adjacent to an activating group) is 1.